The Morgan fingerprint density at radius 3 is 2.53 bits per heavy atom. The maximum Gasteiger partial charge on any atom is 0.255 e. The van der Waals surface area contributed by atoms with Crippen molar-refractivity contribution in [1.82, 2.24) is 10.2 Å². The van der Waals surface area contributed by atoms with Gasteiger partial charge in [-0.2, -0.15) is 0 Å². The van der Waals surface area contributed by atoms with Gasteiger partial charge in [0.2, 0.25) is 5.91 Å². The molecule has 0 aromatic heterocycles. The molecule has 0 saturated carbocycles. The van der Waals surface area contributed by atoms with Gasteiger partial charge in [0.25, 0.3) is 5.91 Å². The summed E-state index contributed by atoms with van der Waals surface area (Å²) in [5, 5.41) is 3.62. The standard InChI is InChI=1S/C26H25ClN2O3/c1-26(25(31)28-16-18-10-12-22(32-2)13-11-18)15-20-7-3-4-9-23(20)24(30)29(26)17-19-6-5-8-21(27)14-19/h3-14H,15-17H2,1-2H3,(H,28,31). The van der Waals surface area contributed by atoms with E-state index in [9.17, 15) is 9.59 Å². The van der Waals surface area contributed by atoms with Crippen LogP contribution in [0.2, 0.25) is 5.02 Å². The minimum atomic E-state index is -1.04. The van der Waals surface area contributed by atoms with Crippen LogP contribution in [0, 0.1) is 0 Å². The summed E-state index contributed by atoms with van der Waals surface area (Å²) in [6, 6.07) is 22.4. The zero-order valence-corrected chi connectivity index (χ0v) is 18.9. The highest BCUT2D eigenvalue weighted by Crippen LogP contribution is 2.33. The Labute approximate surface area is 193 Å². The summed E-state index contributed by atoms with van der Waals surface area (Å²) >= 11 is 6.16. The van der Waals surface area contributed by atoms with Gasteiger partial charge >= 0.3 is 0 Å². The van der Waals surface area contributed by atoms with E-state index in [-0.39, 0.29) is 11.8 Å². The molecular formula is C26H25ClN2O3. The SMILES string of the molecule is COc1ccc(CNC(=O)C2(C)Cc3ccccc3C(=O)N2Cc2cccc(Cl)c2)cc1. The predicted molar refractivity (Wildman–Crippen MR) is 125 cm³/mol. The molecule has 1 heterocycles. The predicted octanol–water partition coefficient (Wildman–Crippen LogP) is 4.62. The van der Waals surface area contributed by atoms with E-state index in [1.54, 1.807) is 18.1 Å². The van der Waals surface area contributed by atoms with Gasteiger partial charge in [-0.05, 0) is 53.9 Å². The van der Waals surface area contributed by atoms with Crippen LogP contribution in [0.5, 0.6) is 5.75 Å². The van der Waals surface area contributed by atoms with E-state index in [0.29, 0.717) is 30.1 Å². The van der Waals surface area contributed by atoms with Crippen molar-refractivity contribution >= 4 is 23.4 Å². The minimum absolute atomic E-state index is 0.158. The molecule has 1 aliphatic heterocycles. The molecule has 164 valence electrons. The average molecular weight is 449 g/mol. The highest BCUT2D eigenvalue weighted by Gasteiger charge is 2.46. The summed E-state index contributed by atoms with van der Waals surface area (Å²) in [6.45, 7) is 2.48. The lowest BCUT2D eigenvalue weighted by atomic mass is 9.82. The molecule has 0 spiro atoms. The molecular weight excluding hydrogens is 424 g/mol. The van der Waals surface area contributed by atoms with Gasteiger partial charge in [-0.15, -0.1) is 0 Å². The molecule has 1 unspecified atom stereocenters. The fraction of sp³-hybridized carbons (Fsp3) is 0.231. The number of carbonyl (C=O) groups is 2. The van der Waals surface area contributed by atoms with Gasteiger partial charge in [-0.1, -0.05) is 54.1 Å². The summed E-state index contributed by atoms with van der Waals surface area (Å²) in [6.07, 6.45) is 0.434. The monoisotopic (exact) mass is 448 g/mol. The quantitative estimate of drug-likeness (QED) is 0.598. The molecule has 0 aliphatic carbocycles. The smallest absolute Gasteiger partial charge is 0.255 e. The number of benzene rings is 3. The summed E-state index contributed by atoms with van der Waals surface area (Å²) in [7, 11) is 1.62. The van der Waals surface area contributed by atoms with Crippen LogP contribution < -0.4 is 10.1 Å². The molecule has 0 bridgehead atoms. The van der Waals surface area contributed by atoms with E-state index in [2.05, 4.69) is 5.32 Å². The van der Waals surface area contributed by atoms with E-state index in [1.807, 2.05) is 73.7 Å². The number of hydrogen-bond acceptors (Lipinski definition) is 3. The number of amides is 2. The molecule has 1 N–H and O–H groups in total. The summed E-state index contributed by atoms with van der Waals surface area (Å²) < 4.78 is 5.19. The fourth-order valence-corrected chi connectivity index (χ4v) is 4.31. The topological polar surface area (TPSA) is 58.6 Å². The van der Waals surface area contributed by atoms with E-state index in [4.69, 9.17) is 16.3 Å². The number of fused-ring (bicyclic) bond motifs is 1. The first-order valence-corrected chi connectivity index (χ1v) is 10.8. The fourth-order valence-electron chi connectivity index (χ4n) is 4.10. The van der Waals surface area contributed by atoms with Crippen LogP contribution in [-0.4, -0.2) is 29.4 Å². The number of methoxy groups -OCH3 is 1. The first-order chi connectivity index (χ1) is 15.4. The molecule has 5 nitrogen and oxygen atoms in total. The molecule has 3 aromatic rings. The van der Waals surface area contributed by atoms with Crippen molar-refractivity contribution in [3.8, 4) is 5.75 Å². The Hall–Kier alpha value is -3.31. The minimum Gasteiger partial charge on any atom is -0.497 e. The molecule has 0 fully saturated rings. The number of halogens is 1. The number of nitrogens with zero attached hydrogens (tertiary/aromatic N) is 1. The van der Waals surface area contributed by atoms with Gasteiger partial charge in [0.1, 0.15) is 11.3 Å². The van der Waals surface area contributed by atoms with Gasteiger partial charge in [-0.3, -0.25) is 9.59 Å². The summed E-state index contributed by atoms with van der Waals surface area (Å²) in [4.78, 5) is 28.6. The van der Waals surface area contributed by atoms with Crippen molar-refractivity contribution in [2.45, 2.75) is 32.0 Å². The number of hydrogen-bond donors (Lipinski definition) is 1. The lowest BCUT2D eigenvalue weighted by Crippen LogP contribution is -2.62. The Balaban J connectivity index is 1.62. The van der Waals surface area contributed by atoms with Crippen molar-refractivity contribution in [1.29, 1.82) is 0 Å². The molecule has 2 amide bonds. The Morgan fingerprint density at radius 1 is 1.06 bits per heavy atom. The highest BCUT2D eigenvalue weighted by molar-refractivity contribution is 6.30. The molecule has 1 aliphatic rings. The van der Waals surface area contributed by atoms with Crippen molar-refractivity contribution in [2.24, 2.45) is 0 Å². The van der Waals surface area contributed by atoms with Crippen LogP contribution in [0.1, 0.15) is 34.0 Å². The first kappa shape index (κ1) is 21.9. The maximum absolute atomic E-state index is 13.5. The third-order valence-corrected chi connectivity index (χ3v) is 6.19. The number of carbonyl (C=O) groups excluding carboxylic acids is 2. The molecule has 32 heavy (non-hydrogen) atoms. The molecule has 1 atom stereocenters. The summed E-state index contributed by atoms with van der Waals surface area (Å²) in [5.74, 6) is 0.404. The Bertz CT molecular complexity index is 1150. The second kappa shape index (κ2) is 9.05. The normalized spacial score (nSPS) is 17.6. The van der Waals surface area contributed by atoms with E-state index in [1.165, 1.54) is 0 Å². The van der Waals surface area contributed by atoms with Crippen molar-refractivity contribution < 1.29 is 14.3 Å². The number of nitrogens with one attached hydrogen (secondary N) is 1. The maximum atomic E-state index is 13.5. The van der Waals surface area contributed by atoms with Crippen LogP contribution >= 0.6 is 11.6 Å². The lowest BCUT2D eigenvalue weighted by molar-refractivity contribution is -0.132. The lowest BCUT2D eigenvalue weighted by Gasteiger charge is -2.44. The van der Waals surface area contributed by atoms with Crippen LogP contribution in [0.15, 0.2) is 72.8 Å². The Morgan fingerprint density at radius 2 is 1.81 bits per heavy atom. The van der Waals surface area contributed by atoms with Gasteiger partial charge in [-0.25, -0.2) is 0 Å². The van der Waals surface area contributed by atoms with Crippen molar-refractivity contribution in [3.05, 3.63) is 100 Å². The molecule has 6 heteroatoms. The summed E-state index contributed by atoms with van der Waals surface area (Å²) in [5.41, 5.74) is 2.29. The molecule has 0 radical (unpaired) electrons. The van der Waals surface area contributed by atoms with Gasteiger partial charge in [0.15, 0.2) is 0 Å². The van der Waals surface area contributed by atoms with Gasteiger partial charge in [0, 0.05) is 30.1 Å². The van der Waals surface area contributed by atoms with E-state index in [0.717, 1.165) is 22.4 Å². The molecule has 3 aromatic carbocycles. The third-order valence-electron chi connectivity index (χ3n) is 5.95. The van der Waals surface area contributed by atoms with Crippen molar-refractivity contribution in [2.75, 3.05) is 7.11 Å². The Kier molecular flexibility index (Phi) is 6.19. The number of ether oxygens (including phenoxy) is 1. The average Bonchev–Trinajstić information content (AvgIpc) is 2.80. The van der Waals surface area contributed by atoms with Crippen LogP contribution in [0.3, 0.4) is 0 Å². The zero-order valence-electron chi connectivity index (χ0n) is 18.1. The second-order valence-corrected chi connectivity index (χ2v) is 8.60. The number of rotatable bonds is 6. The highest BCUT2D eigenvalue weighted by atomic mass is 35.5. The molecule has 4 rings (SSSR count). The van der Waals surface area contributed by atoms with Crippen molar-refractivity contribution in [3.63, 3.8) is 0 Å². The second-order valence-electron chi connectivity index (χ2n) is 8.16. The van der Waals surface area contributed by atoms with Gasteiger partial charge in [0.05, 0.1) is 7.11 Å². The van der Waals surface area contributed by atoms with Crippen LogP contribution in [0.25, 0.3) is 0 Å². The zero-order chi connectivity index (χ0) is 22.7. The van der Waals surface area contributed by atoms with E-state index >= 15 is 0 Å². The van der Waals surface area contributed by atoms with Crippen LogP contribution in [-0.2, 0) is 24.3 Å². The largest absolute Gasteiger partial charge is 0.497 e. The van der Waals surface area contributed by atoms with Crippen LogP contribution in [0.4, 0.5) is 0 Å². The van der Waals surface area contributed by atoms with Gasteiger partial charge < -0.3 is 15.0 Å². The molecule has 0 saturated heterocycles. The third kappa shape index (κ3) is 4.34. The first-order valence-electron chi connectivity index (χ1n) is 10.5. The van der Waals surface area contributed by atoms with E-state index < -0.39 is 5.54 Å².